The Hall–Kier alpha value is -5.67. The van der Waals surface area contributed by atoms with Crippen molar-refractivity contribution in [2.45, 2.75) is 33.1 Å². The van der Waals surface area contributed by atoms with Gasteiger partial charge in [-0.15, -0.1) is 0 Å². The number of fused-ring (bicyclic) bond motifs is 7. The topological polar surface area (TPSA) is 11.2 Å². The standard InChI is InChI=1S/C45H38N3/c1-3-33-29-32-15-14-21-38(30-32)48-41-23-12-10-16-34(41)25-26-36-27-28-40-39-22-11-13-24-42(39)47(45(40)44(36)48)31(2)46(37-19-8-5-9-20-37)43(33)35-17-6-4-7-18-35/h4-14,16-28,30,32H,3,15,29H2,1-2H3/q+1. The van der Waals surface area contributed by atoms with Gasteiger partial charge in [0.05, 0.1) is 5.69 Å². The minimum atomic E-state index is 0.368. The number of anilines is 2. The van der Waals surface area contributed by atoms with Crippen molar-refractivity contribution >= 4 is 62.6 Å². The van der Waals surface area contributed by atoms with Crippen LogP contribution in [0.1, 0.15) is 49.8 Å². The van der Waals surface area contributed by atoms with Crippen LogP contribution in [-0.2, 0) is 0 Å². The second kappa shape index (κ2) is 11.5. The van der Waals surface area contributed by atoms with Gasteiger partial charge in [0, 0.05) is 34.5 Å². The molecule has 2 bridgehead atoms. The molecule has 3 nitrogen and oxygen atoms in total. The van der Waals surface area contributed by atoms with Gasteiger partial charge in [-0.1, -0.05) is 116 Å². The van der Waals surface area contributed by atoms with Gasteiger partial charge in [-0.05, 0) is 78.8 Å². The molecule has 3 heterocycles. The van der Waals surface area contributed by atoms with Crippen LogP contribution < -0.4 is 4.90 Å². The Balaban J connectivity index is 1.52. The molecule has 1 aromatic heterocycles. The molecule has 0 amide bonds. The Kier molecular flexibility index (Phi) is 6.86. The number of allylic oxidation sites excluding steroid dienone is 4. The third kappa shape index (κ3) is 4.46. The number of aromatic nitrogens is 1. The van der Waals surface area contributed by atoms with E-state index in [-0.39, 0.29) is 0 Å². The molecule has 0 saturated carbocycles. The normalized spacial score (nSPS) is 17.2. The van der Waals surface area contributed by atoms with Gasteiger partial charge >= 0.3 is 0 Å². The first kappa shape index (κ1) is 28.5. The van der Waals surface area contributed by atoms with E-state index in [1.807, 2.05) is 0 Å². The lowest BCUT2D eigenvalue weighted by Crippen LogP contribution is -2.25. The average Bonchev–Trinajstić information content (AvgIpc) is 3.38. The highest BCUT2D eigenvalue weighted by atomic mass is 15.2. The predicted molar refractivity (Wildman–Crippen MR) is 203 cm³/mol. The van der Waals surface area contributed by atoms with Gasteiger partial charge in [0.15, 0.2) is 5.52 Å². The number of hydrogen-bond acceptors (Lipinski definition) is 1. The fourth-order valence-electron chi connectivity index (χ4n) is 8.15. The molecular weight excluding hydrogens is 583 g/mol. The molecule has 2 aliphatic heterocycles. The first-order valence-corrected chi connectivity index (χ1v) is 17.2. The SMILES string of the molecule is CCC1=C(c2ccccc2)[N+](c2ccccc2)=C(C)n2c3ccccc3c3ccc4c(c32)N(C2=CC(CC=C2)C1)c1ccccc1C=C4. The van der Waals surface area contributed by atoms with Crippen molar-refractivity contribution in [3.63, 3.8) is 0 Å². The van der Waals surface area contributed by atoms with Gasteiger partial charge in [-0.25, -0.2) is 0 Å². The van der Waals surface area contributed by atoms with Crippen molar-refractivity contribution in [1.29, 1.82) is 0 Å². The van der Waals surface area contributed by atoms with E-state index in [4.69, 9.17) is 0 Å². The lowest BCUT2D eigenvalue weighted by molar-refractivity contribution is -0.336. The molecule has 3 aliphatic rings. The molecule has 0 N–H and O–H groups in total. The lowest BCUT2D eigenvalue weighted by Gasteiger charge is -2.31. The molecule has 1 atom stereocenters. The minimum Gasteiger partial charge on any atom is -0.306 e. The molecule has 0 radical (unpaired) electrons. The molecule has 0 fully saturated rings. The molecule has 3 heteroatoms. The van der Waals surface area contributed by atoms with Gasteiger partial charge < -0.3 is 4.90 Å². The Morgan fingerprint density at radius 2 is 1.44 bits per heavy atom. The van der Waals surface area contributed by atoms with Gasteiger partial charge in [-0.3, -0.25) is 0 Å². The lowest BCUT2D eigenvalue weighted by atomic mass is 9.88. The van der Waals surface area contributed by atoms with E-state index >= 15 is 0 Å². The number of rotatable bonds is 3. The van der Waals surface area contributed by atoms with E-state index in [1.54, 1.807) is 0 Å². The summed E-state index contributed by atoms with van der Waals surface area (Å²) in [4.78, 5) is 2.54. The summed E-state index contributed by atoms with van der Waals surface area (Å²) >= 11 is 0. The Bertz CT molecular complexity index is 2380. The first-order chi connectivity index (χ1) is 23.7. The van der Waals surface area contributed by atoms with Crippen molar-refractivity contribution in [2.75, 3.05) is 4.90 Å². The van der Waals surface area contributed by atoms with Crippen LogP contribution in [0.3, 0.4) is 0 Å². The number of nitrogens with zero attached hydrogens (tertiary/aromatic N) is 3. The largest absolute Gasteiger partial charge is 0.306 e. The van der Waals surface area contributed by atoms with Crippen LogP contribution in [-0.4, -0.2) is 15.0 Å². The summed E-state index contributed by atoms with van der Waals surface area (Å²) in [6.45, 7) is 4.64. The van der Waals surface area contributed by atoms with E-state index in [2.05, 4.69) is 180 Å². The van der Waals surface area contributed by atoms with E-state index in [0.29, 0.717) is 5.92 Å². The maximum atomic E-state index is 2.54. The zero-order valence-electron chi connectivity index (χ0n) is 27.5. The molecule has 0 saturated heterocycles. The highest BCUT2D eigenvalue weighted by Crippen LogP contribution is 2.47. The summed E-state index contributed by atoms with van der Waals surface area (Å²) in [5, 5.41) is 2.51. The van der Waals surface area contributed by atoms with E-state index < -0.39 is 0 Å². The summed E-state index contributed by atoms with van der Waals surface area (Å²) in [5.74, 6) is 1.52. The van der Waals surface area contributed by atoms with Crippen molar-refractivity contribution in [3.8, 4) is 0 Å². The summed E-state index contributed by atoms with van der Waals surface area (Å²) in [6.07, 6.45) is 14.8. The van der Waals surface area contributed by atoms with Crippen molar-refractivity contribution in [1.82, 2.24) is 4.57 Å². The highest BCUT2D eigenvalue weighted by molar-refractivity contribution is 6.19. The Morgan fingerprint density at radius 1 is 0.708 bits per heavy atom. The molecule has 5 aromatic carbocycles. The van der Waals surface area contributed by atoms with Crippen LogP contribution in [0.5, 0.6) is 0 Å². The smallest absolute Gasteiger partial charge is 0.264 e. The highest BCUT2D eigenvalue weighted by Gasteiger charge is 2.34. The van der Waals surface area contributed by atoms with E-state index in [0.717, 1.165) is 30.8 Å². The summed E-state index contributed by atoms with van der Waals surface area (Å²) in [5.41, 5.74) is 13.7. The van der Waals surface area contributed by atoms with Gasteiger partial charge in [-0.2, -0.15) is 9.14 Å². The monoisotopic (exact) mass is 620 g/mol. The minimum absolute atomic E-state index is 0.368. The third-order valence-electron chi connectivity index (χ3n) is 10.3. The Morgan fingerprint density at radius 3 is 2.27 bits per heavy atom. The van der Waals surface area contributed by atoms with Crippen LogP contribution in [0.4, 0.5) is 17.1 Å². The number of hydrogen-bond donors (Lipinski definition) is 0. The maximum Gasteiger partial charge on any atom is 0.264 e. The van der Waals surface area contributed by atoms with Gasteiger partial charge in [0.2, 0.25) is 0 Å². The van der Waals surface area contributed by atoms with E-state index in [1.165, 1.54) is 66.8 Å². The van der Waals surface area contributed by atoms with Crippen LogP contribution in [0.25, 0.3) is 39.7 Å². The van der Waals surface area contributed by atoms with Crippen LogP contribution in [0.15, 0.2) is 151 Å². The van der Waals surface area contributed by atoms with Crippen molar-refractivity contribution in [3.05, 3.63) is 168 Å². The average molecular weight is 621 g/mol. The number of para-hydroxylation sites is 3. The first-order valence-electron chi connectivity index (χ1n) is 17.2. The fourth-order valence-corrected chi connectivity index (χ4v) is 8.15. The van der Waals surface area contributed by atoms with Crippen molar-refractivity contribution < 1.29 is 4.58 Å². The predicted octanol–water partition coefficient (Wildman–Crippen LogP) is 11.7. The fraction of sp³-hybridized carbons (Fsp3) is 0.133. The summed E-state index contributed by atoms with van der Waals surface area (Å²) in [7, 11) is 0. The molecule has 0 spiro atoms. The van der Waals surface area contributed by atoms with Gasteiger partial charge in [0.1, 0.15) is 22.6 Å². The molecule has 1 aliphatic carbocycles. The molecule has 9 rings (SSSR count). The quantitative estimate of drug-likeness (QED) is 0.179. The molecule has 6 aromatic rings. The number of benzene rings is 5. The summed E-state index contributed by atoms with van der Waals surface area (Å²) < 4.78 is 5.07. The molecular formula is C45H38N3+. The van der Waals surface area contributed by atoms with Gasteiger partial charge in [0.25, 0.3) is 5.84 Å². The van der Waals surface area contributed by atoms with Crippen molar-refractivity contribution in [2.24, 2.45) is 5.92 Å². The maximum absolute atomic E-state index is 2.54. The zero-order valence-corrected chi connectivity index (χ0v) is 27.5. The molecule has 48 heavy (non-hydrogen) atoms. The summed E-state index contributed by atoms with van der Waals surface area (Å²) in [6, 6.07) is 44.4. The van der Waals surface area contributed by atoms with Crippen LogP contribution in [0.2, 0.25) is 0 Å². The van der Waals surface area contributed by atoms with E-state index in [9.17, 15) is 0 Å². The second-order valence-corrected chi connectivity index (χ2v) is 13.1. The van der Waals surface area contributed by atoms with Crippen LogP contribution >= 0.6 is 0 Å². The Labute approximate surface area is 282 Å². The second-order valence-electron chi connectivity index (χ2n) is 13.1. The zero-order chi connectivity index (χ0) is 32.2. The molecule has 1 unspecified atom stereocenters. The van der Waals surface area contributed by atoms with Crippen LogP contribution in [0, 0.1) is 5.92 Å². The third-order valence-corrected chi connectivity index (χ3v) is 10.3. The molecule has 232 valence electrons.